The van der Waals surface area contributed by atoms with Crippen molar-refractivity contribution in [2.24, 2.45) is 5.41 Å². The average Bonchev–Trinajstić information content (AvgIpc) is 2.87. The summed E-state index contributed by atoms with van der Waals surface area (Å²) >= 11 is 3.54. The van der Waals surface area contributed by atoms with E-state index in [9.17, 15) is 0 Å². The molecular weight excluding hydrogens is 314 g/mol. The Morgan fingerprint density at radius 1 is 1.45 bits per heavy atom. The molecule has 0 aliphatic carbocycles. The first kappa shape index (κ1) is 13.8. The molecule has 1 aliphatic rings. The highest BCUT2D eigenvalue weighted by Gasteiger charge is 2.27. The van der Waals surface area contributed by atoms with Gasteiger partial charge < -0.3 is 9.88 Å². The molecule has 4 heteroatoms. The lowest BCUT2D eigenvalue weighted by atomic mass is 9.82. The summed E-state index contributed by atoms with van der Waals surface area (Å²) < 4.78 is 3.39. The van der Waals surface area contributed by atoms with Gasteiger partial charge in [0, 0.05) is 23.1 Å². The van der Waals surface area contributed by atoms with E-state index in [1.54, 1.807) is 0 Å². The van der Waals surface area contributed by atoms with Crippen LogP contribution in [0.4, 0.5) is 0 Å². The van der Waals surface area contributed by atoms with Gasteiger partial charge in [0.25, 0.3) is 0 Å². The number of nitrogens with zero attached hydrogens (tertiary/aromatic N) is 2. The molecule has 20 heavy (non-hydrogen) atoms. The Kier molecular flexibility index (Phi) is 3.94. The van der Waals surface area contributed by atoms with E-state index in [4.69, 9.17) is 0 Å². The van der Waals surface area contributed by atoms with Crippen LogP contribution in [-0.4, -0.2) is 22.6 Å². The molecule has 0 amide bonds. The molecule has 1 aromatic heterocycles. The summed E-state index contributed by atoms with van der Waals surface area (Å²) in [6.07, 6.45) is 6.45. The molecule has 0 radical (unpaired) electrons. The van der Waals surface area contributed by atoms with Crippen LogP contribution in [0.3, 0.4) is 0 Å². The molecule has 2 heterocycles. The third kappa shape index (κ3) is 2.96. The molecular formula is C16H20BrN3. The highest BCUT2D eigenvalue weighted by atomic mass is 79.9. The van der Waals surface area contributed by atoms with Crippen LogP contribution >= 0.6 is 15.9 Å². The molecule has 1 fully saturated rings. The Morgan fingerprint density at radius 3 is 3.10 bits per heavy atom. The van der Waals surface area contributed by atoms with Crippen molar-refractivity contribution < 1.29 is 0 Å². The van der Waals surface area contributed by atoms with Crippen molar-refractivity contribution >= 4 is 15.9 Å². The van der Waals surface area contributed by atoms with Crippen molar-refractivity contribution in [3.8, 4) is 11.3 Å². The minimum atomic E-state index is 0.319. The SMILES string of the molecule is CC1(Cn2cncc2-c2cccc(Br)c2)CCCNC1. The third-order valence-electron chi connectivity index (χ3n) is 4.07. The van der Waals surface area contributed by atoms with Crippen LogP contribution < -0.4 is 5.32 Å². The van der Waals surface area contributed by atoms with E-state index < -0.39 is 0 Å². The Hall–Kier alpha value is -1.13. The zero-order valence-electron chi connectivity index (χ0n) is 11.8. The lowest BCUT2D eigenvalue weighted by Gasteiger charge is -2.34. The number of nitrogens with one attached hydrogen (secondary N) is 1. The van der Waals surface area contributed by atoms with Gasteiger partial charge in [0.05, 0.1) is 18.2 Å². The average molecular weight is 334 g/mol. The van der Waals surface area contributed by atoms with Gasteiger partial charge in [-0.15, -0.1) is 0 Å². The highest BCUT2D eigenvalue weighted by Crippen LogP contribution is 2.30. The first-order valence-corrected chi connectivity index (χ1v) is 7.92. The lowest BCUT2D eigenvalue weighted by Crippen LogP contribution is -2.40. The molecule has 0 spiro atoms. The molecule has 1 N–H and O–H groups in total. The van der Waals surface area contributed by atoms with Crippen LogP contribution in [0.25, 0.3) is 11.3 Å². The van der Waals surface area contributed by atoms with Gasteiger partial charge in [-0.25, -0.2) is 4.98 Å². The van der Waals surface area contributed by atoms with Crippen LogP contribution in [0.1, 0.15) is 19.8 Å². The fourth-order valence-corrected chi connectivity index (χ4v) is 3.40. The van der Waals surface area contributed by atoms with Crippen LogP contribution in [-0.2, 0) is 6.54 Å². The van der Waals surface area contributed by atoms with Crippen molar-refractivity contribution in [2.75, 3.05) is 13.1 Å². The zero-order chi connectivity index (χ0) is 14.0. The second-order valence-corrected chi connectivity index (χ2v) is 6.92. The molecule has 0 bridgehead atoms. The molecule has 1 aliphatic heterocycles. The van der Waals surface area contributed by atoms with E-state index in [0.29, 0.717) is 5.41 Å². The van der Waals surface area contributed by atoms with Crippen molar-refractivity contribution in [1.29, 1.82) is 0 Å². The molecule has 1 aromatic carbocycles. The van der Waals surface area contributed by atoms with Gasteiger partial charge in [-0.05, 0) is 36.9 Å². The van der Waals surface area contributed by atoms with E-state index in [-0.39, 0.29) is 0 Å². The van der Waals surface area contributed by atoms with Gasteiger partial charge in [0.15, 0.2) is 0 Å². The van der Waals surface area contributed by atoms with Crippen LogP contribution in [0, 0.1) is 5.41 Å². The first-order valence-electron chi connectivity index (χ1n) is 7.13. The standard InChI is InChI=1S/C16H20BrN3/c1-16(6-3-7-18-10-16)11-20-12-19-9-15(20)13-4-2-5-14(17)8-13/h2,4-5,8-9,12,18H,3,6-7,10-11H2,1H3. The molecule has 106 valence electrons. The van der Waals surface area contributed by atoms with Gasteiger partial charge in [0.2, 0.25) is 0 Å². The number of piperidine rings is 1. The Balaban J connectivity index is 1.87. The Bertz CT molecular complexity index is 585. The van der Waals surface area contributed by atoms with Crippen LogP contribution in [0.2, 0.25) is 0 Å². The molecule has 0 saturated carbocycles. The fraction of sp³-hybridized carbons (Fsp3) is 0.438. The minimum Gasteiger partial charge on any atom is -0.330 e. The third-order valence-corrected chi connectivity index (χ3v) is 4.56. The minimum absolute atomic E-state index is 0.319. The Labute approximate surface area is 128 Å². The first-order chi connectivity index (χ1) is 9.66. The van der Waals surface area contributed by atoms with Gasteiger partial charge in [-0.2, -0.15) is 0 Å². The molecule has 1 saturated heterocycles. The Morgan fingerprint density at radius 2 is 2.35 bits per heavy atom. The second kappa shape index (κ2) is 5.70. The zero-order valence-corrected chi connectivity index (χ0v) is 13.4. The molecule has 1 unspecified atom stereocenters. The lowest BCUT2D eigenvalue weighted by molar-refractivity contribution is 0.202. The summed E-state index contributed by atoms with van der Waals surface area (Å²) in [5, 5.41) is 3.51. The van der Waals surface area contributed by atoms with E-state index >= 15 is 0 Å². The van der Waals surface area contributed by atoms with Crippen molar-refractivity contribution in [1.82, 2.24) is 14.9 Å². The maximum absolute atomic E-state index is 4.35. The fourth-order valence-electron chi connectivity index (χ4n) is 3.00. The van der Waals surface area contributed by atoms with Gasteiger partial charge in [-0.1, -0.05) is 35.0 Å². The number of imidazole rings is 1. The smallest absolute Gasteiger partial charge is 0.0951 e. The van der Waals surface area contributed by atoms with Crippen LogP contribution in [0.5, 0.6) is 0 Å². The van der Waals surface area contributed by atoms with E-state index in [0.717, 1.165) is 24.1 Å². The molecule has 3 nitrogen and oxygen atoms in total. The van der Waals surface area contributed by atoms with Gasteiger partial charge in [-0.3, -0.25) is 0 Å². The number of hydrogen-bond acceptors (Lipinski definition) is 2. The van der Waals surface area contributed by atoms with Crippen molar-refractivity contribution in [2.45, 2.75) is 26.3 Å². The normalized spacial score (nSPS) is 22.9. The van der Waals surface area contributed by atoms with Crippen molar-refractivity contribution in [3.63, 3.8) is 0 Å². The predicted octanol–water partition coefficient (Wildman–Crippen LogP) is 3.70. The monoisotopic (exact) mass is 333 g/mol. The summed E-state index contributed by atoms with van der Waals surface area (Å²) in [6, 6.07) is 8.41. The number of benzene rings is 1. The largest absolute Gasteiger partial charge is 0.330 e. The maximum atomic E-state index is 4.35. The van der Waals surface area contributed by atoms with E-state index in [2.05, 4.69) is 62.0 Å². The topological polar surface area (TPSA) is 29.9 Å². The number of halogens is 1. The summed E-state index contributed by atoms with van der Waals surface area (Å²) in [5.41, 5.74) is 2.72. The van der Waals surface area contributed by atoms with Gasteiger partial charge >= 0.3 is 0 Å². The summed E-state index contributed by atoms with van der Waals surface area (Å²) in [4.78, 5) is 4.35. The van der Waals surface area contributed by atoms with E-state index in [1.807, 2.05) is 12.5 Å². The number of aromatic nitrogens is 2. The summed E-state index contributed by atoms with van der Waals surface area (Å²) in [5.74, 6) is 0. The highest BCUT2D eigenvalue weighted by molar-refractivity contribution is 9.10. The number of rotatable bonds is 3. The van der Waals surface area contributed by atoms with E-state index in [1.165, 1.54) is 24.1 Å². The molecule has 2 aromatic rings. The number of hydrogen-bond donors (Lipinski definition) is 1. The summed E-state index contributed by atoms with van der Waals surface area (Å²) in [7, 11) is 0. The van der Waals surface area contributed by atoms with Crippen LogP contribution in [0.15, 0.2) is 41.3 Å². The summed E-state index contributed by atoms with van der Waals surface area (Å²) in [6.45, 7) is 5.62. The molecule has 3 rings (SSSR count). The maximum Gasteiger partial charge on any atom is 0.0951 e. The van der Waals surface area contributed by atoms with Gasteiger partial charge in [0.1, 0.15) is 0 Å². The predicted molar refractivity (Wildman–Crippen MR) is 85.6 cm³/mol. The van der Waals surface area contributed by atoms with Crippen molar-refractivity contribution in [3.05, 3.63) is 41.3 Å². The molecule has 1 atom stereocenters. The second-order valence-electron chi connectivity index (χ2n) is 6.01. The quantitative estimate of drug-likeness (QED) is 0.928.